The molecule has 0 bridgehead atoms. The average molecular weight is 367 g/mol. The van der Waals surface area contributed by atoms with Gasteiger partial charge >= 0.3 is 0 Å². The molecule has 0 saturated heterocycles. The van der Waals surface area contributed by atoms with Gasteiger partial charge in [0.15, 0.2) is 17.0 Å². The molecule has 0 fully saturated rings. The summed E-state index contributed by atoms with van der Waals surface area (Å²) in [5, 5.41) is 3.49. The van der Waals surface area contributed by atoms with Crippen LogP contribution in [0.3, 0.4) is 0 Å². The Balaban J connectivity index is 1.91. The zero-order valence-corrected chi connectivity index (χ0v) is 13.7. The lowest BCUT2D eigenvalue weighted by atomic mass is 10.2. The molecule has 0 radical (unpaired) electrons. The number of hydrogen-bond acceptors (Lipinski definition) is 4. The number of halogens is 2. The van der Waals surface area contributed by atoms with Gasteiger partial charge in [0, 0.05) is 17.6 Å². The number of imidazole rings is 1. The summed E-state index contributed by atoms with van der Waals surface area (Å²) in [6.07, 6.45) is 1.75. The second kappa shape index (κ2) is 5.99. The first-order valence-electron chi connectivity index (χ1n) is 6.54. The van der Waals surface area contributed by atoms with Crippen LogP contribution < -0.4 is 5.32 Å². The number of aromatic nitrogens is 4. The van der Waals surface area contributed by atoms with Crippen molar-refractivity contribution in [1.82, 2.24) is 19.5 Å². The van der Waals surface area contributed by atoms with Crippen LogP contribution >= 0.6 is 27.5 Å². The molecular weight excluding hydrogens is 354 g/mol. The SMILES string of the molecule is CCn1cnc2c(NCc3cccc(Br)c3)nc(Cl)nc21. The fraction of sp³-hybridized carbons (Fsp3) is 0.214. The average Bonchev–Trinajstić information content (AvgIpc) is 2.87. The van der Waals surface area contributed by atoms with Crippen molar-refractivity contribution in [2.24, 2.45) is 0 Å². The Kier molecular flexibility index (Phi) is 4.07. The molecule has 108 valence electrons. The minimum atomic E-state index is 0.217. The molecule has 0 spiro atoms. The molecule has 1 aromatic carbocycles. The molecule has 2 aromatic heterocycles. The number of aryl methyl sites for hydroxylation is 1. The molecule has 0 atom stereocenters. The van der Waals surface area contributed by atoms with Crippen molar-refractivity contribution in [3.63, 3.8) is 0 Å². The Morgan fingerprint density at radius 1 is 1.33 bits per heavy atom. The van der Waals surface area contributed by atoms with Gasteiger partial charge in [-0.1, -0.05) is 28.1 Å². The normalized spacial score (nSPS) is 11.0. The third kappa shape index (κ3) is 3.01. The molecule has 2 heterocycles. The van der Waals surface area contributed by atoms with E-state index in [0.29, 0.717) is 12.4 Å². The zero-order valence-electron chi connectivity index (χ0n) is 11.3. The van der Waals surface area contributed by atoms with Gasteiger partial charge in [0.2, 0.25) is 5.28 Å². The summed E-state index contributed by atoms with van der Waals surface area (Å²) in [5.41, 5.74) is 2.62. The molecular formula is C14H13BrClN5. The van der Waals surface area contributed by atoms with Crippen molar-refractivity contribution >= 4 is 44.5 Å². The quantitative estimate of drug-likeness (QED) is 0.712. The van der Waals surface area contributed by atoms with E-state index in [-0.39, 0.29) is 5.28 Å². The molecule has 0 aliphatic carbocycles. The van der Waals surface area contributed by atoms with E-state index < -0.39 is 0 Å². The summed E-state index contributed by atoms with van der Waals surface area (Å²) in [7, 11) is 0. The van der Waals surface area contributed by atoms with Crippen molar-refractivity contribution in [3.8, 4) is 0 Å². The third-order valence-electron chi connectivity index (χ3n) is 3.13. The van der Waals surface area contributed by atoms with Gasteiger partial charge in [-0.25, -0.2) is 4.98 Å². The first kappa shape index (κ1) is 14.3. The smallest absolute Gasteiger partial charge is 0.226 e. The largest absolute Gasteiger partial charge is 0.364 e. The Bertz CT molecular complexity index is 786. The van der Waals surface area contributed by atoms with Crippen LogP contribution in [0.15, 0.2) is 35.1 Å². The maximum atomic E-state index is 6.01. The lowest BCUT2D eigenvalue weighted by Crippen LogP contribution is -2.04. The zero-order chi connectivity index (χ0) is 14.8. The van der Waals surface area contributed by atoms with Crippen molar-refractivity contribution in [2.75, 3.05) is 5.32 Å². The van der Waals surface area contributed by atoms with Gasteiger partial charge in [-0.3, -0.25) is 0 Å². The predicted octanol–water partition coefficient (Wildman–Crippen LogP) is 3.87. The van der Waals surface area contributed by atoms with Gasteiger partial charge in [0.25, 0.3) is 0 Å². The van der Waals surface area contributed by atoms with E-state index in [4.69, 9.17) is 11.6 Å². The lowest BCUT2D eigenvalue weighted by molar-refractivity contribution is 0.777. The molecule has 7 heteroatoms. The van der Waals surface area contributed by atoms with Gasteiger partial charge < -0.3 is 9.88 Å². The van der Waals surface area contributed by atoms with Crippen LogP contribution in [0, 0.1) is 0 Å². The Hall–Kier alpha value is -1.66. The van der Waals surface area contributed by atoms with Crippen LogP contribution in [-0.4, -0.2) is 19.5 Å². The second-order valence-electron chi connectivity index (χ2n) is 4.53. The highest BCUT2D eigenvalue weighted by Gasteiger charge is 2.11. The van der Waals surface area contributed by atoms with Gasteiger partial charge in [-0.15, -0.1) is 0 Å². The molecule has 0 amide bonds. The molecule has 0 saturated carbocycles. The first-order valence-corrected chi connectivity index (χ1v) is 7.71. The molecule has 0 aliphatic heterocycles. The van der Waals surface area contributed by atoms with Gasteiger partial charge in [-0.2, -0.15) is 9.97 Å². The Labute approximate surface area is 135 Å². The van der Waals surface area contributed by atoms with E-state index in [1.54, 1.807) is 6.33 Å². The number of rotatable bonds is 4. The molecule has 3 aromatic rings. The first-order chi connectivity index (χ1) is 10.2. The van der Waals surface area contributed by atoms with E-state index >= 15 is 0 Å². The fourth-order valence-corrected chi connectivity index (χ4v) is 2.72. The summed E-state index contributed by atoms with van der Waals surface area (Å²) >= 11 is 9.47. The van der Waals surface area contributed by atoms with Crippen molar-refractivity contribution in [3.05, 3.63) is 45.9 Å². The minimum Gasteiger partial charge on any atom is -0.364 e. The Morgan fingerprint density at radius 3 is 2.95 bits per heavy atom. The monoisotopic (exact) mass is 365 g/mol. The molecule has 0 aliphatic rings. The standard InChI is InChI=1S/C14H13BrClN5/c1-2-21-8-18-11-12(19-14(16)20-13(11)21)17-7-9-4-3-5-10(15)6-9/h3-6,8H,2,7H2,1H3,(H,17,19,20). The fourth-order valence-electron chi connectivity index (χ4n) is 2.11. The van der Waals surface area contributed by atoms with Gasteiger partial charge in [0.05, 0.1) is 6.33 Å². The number of nitrogens with one attached hydrogen (secondary N) is 1. The van der Waals surface area contributed by atoms with Crippen LogP contribution in [0.2, 0.25) is 5.28 Å². The van der Waals surface area contributed by atoms with Crippen LogP contribution in [0.4, 0.5) is 5.82 Å². The maximum absolute atomic E-state index is 6.01. The Morgan fingerprint density at radius 2 is 2.19 bits per heavy atom. The minimum absolute atomic E-state index is 0.217. The van der Waals surface area contributed by atoms with Gasteiger partial charge in [0.1, 0.15) is 0 Å². The topological polar surface area (TPSA) is 55.6 Å². The lowest BCUT2D eigenvalue weighted by Gasteiger charge is -2.07. The maximum Gasteiger partial charge on any atom is 0.226 e. The summed E-state index contributed by atoms with van der Waals surface area (Å²) in [6.45, 7) is 3.46. The number of anilines is 1. The number of hydrogen-bond donors (Lipinski definition) is 1. The summed E-state index contributed by atoms with van der Waals surface area (Å²) < 4.78 is 2.98. The van der Waals surface area contributed by atoms with Crippen molar-refractivity contribution in [2.45, 2.75) is 20.0 Å². The van der Waals surface area contributed by atoms with E-state index in [1.165, 1.54) is 0 Å². The molecule has 5 nitrogen and oxygen atoms in total. The summed E-state index contributed by atoms with van der Waals surface area (Å²) in [6, 6.07) is 8.08. The highest BCUT2D eigenvalue weighted by Crippen LogP contribution is 2.21. The molecule has 3 rings (SSSR count). The van der Waals surface area contributed by atoms with E-state index in [2.05, 4.69) is 42.3 Å². The number of benzene rings is 1. The second-order valence-corrected chi connectivity index (χ2v) is 5.78. The van der Waals surface area contributed by atoms with E-state index in [0.717, 1.165) is 27.7 Å². The van der Waals surface area contributed by atoms with Crippen LogP contribution in [0.1, 0.15) is 12.5 Å². The third-order valence-corrected chi connectivity index (χ3v) is 3.79. The van der Waals surface area contributed by atoms with Crippen molar-refractivity contribution < 1.29 is 0 Å². The van der Waals surface area contributed by atoms with Crippen LogP contribution in [0.5, 0.6) is 0 Å². The van der Waals surface area contributed by atoms with E-state index in [9.17, 15) is 0 Å². The summed E-state index contributed by atoms with van der Waals surface area (Å²) in [5.74, 6) is 0.650. The number of nitrogens with zero attached hydrogens (tertiary/aromatic N) is 4. The van der Waals surface area contributed by atoms with Crippen LogP contribution in [0.25, 0.3) is 11.2 Å². The van der Waals surface area contributed by atoms with E-state index in [1.807, 2.05) is 29.7 Å². The molecule has 1 N–H and O–H groups in total. The number of fused-ring (bicyclic) bond motifs is 1. The molecule has 21 heavy (non-hydrogen) atoms. The summed E-state index contributed by atoms with van der Waals surface area (Å²) in [4.78, 5) is 12.9. The molecule has 0 unspecified atom stereocenters. The van der Waals surface area contributed by atoms with Crippen LogP contribution in [-0.2, 0) is 13.1 Å². The highest BCUT2D eigenvalue weighted by atomic mass is 79.9. The highest BCUT2D eigenvalue weighted by molar-refractivity contribution is 9.10. The predicted molar refractivity (Wildman–Crippen MR) is 87.5 cm³/mol. The van der Waals surface area contributed by atoms with Gasteiger partial charge in [-0.05, 0) is 36.2 Å². The van der Waals surface area contributed by atoms with Crippen molar-refractivity contribution in [1.29, 1.82) is 0 Å².